The number of hydrogen-bond donors (Lipinski definition) is 1. The molecule has 0 saturated carbocycles. The zero-order valence-electron chi connectivity index (χ0n) is 18.7. The molecule has 0 spiro atoms. The highest BCUT2D eigenvalue weighted by Gasteiger charge is 2.27. The number of nitrogens with zero attached hydrogens (tertiary/aromatic N) is 5. The highest BCUT2D eigenvalue weighted by molar-refractivity contribution is 6.04. The summed E-state index contributed by atoms with van der Waals surface area (Å²) in [5, 5.41) is 11.9. The van der Waals surface area contributed by atoms with Crippen molar-refractivity contribution in [2.45, 2.75) is 25.8 Å². The summed E-state index contributed by atoms with van der Waals surface area (Å²) in [6.45, 7) is 0.277. The van der Waals surface area contributed by atoms with E-state index in [0.717, 1.165) is 41.8 Å². The van der Waals surface area contributed by atoms with Gasteiger partial charge < -0.3 is 5.32 Å². The topological polar surface area (TPSA) is 86.2 Å². The van der Waals surface area contributed by atoms with E-state index in [2.05, 4.69) is 15.5 Å². The maximum absolute atomic E-state index is 13.4. The van der Waals surface area contributed by atoms with E-state index in [-0.39, 0.29) is 24.0 Å². The lowest BCUT2D eigenvalue weighted by molar-refractivity contribution is 0.102. The number of aromatic nitrogens is 5. The molecule has 1 aliphatic carbocycles. The molecule has 1 N–H and O–H groups in total. The molecule has 35 heavy (non-hydrogen) atoms. The van der Waals surface area contributed by atoms with Gasteiger partial charge in [-0.15, -0.1) is 5.10 Å². The van der Waals surface area contributed by atoms with Crippen LogP contribution in [-0.2, 0) is 19.4 Å². The van der Waals surface area contributed by atoms with E-state index < -0.39 is 0 Å². The molecule has 5 aromatic rings. The third kappa shape index (κ3) is 3.80. The third-order valence-electron chi connectivity index (χ3n) is 6.22. The van der Waals surface area contributed by atoms with Crippen LogP contribution in [0.5, 0.6) is 0 Å². The molecule has 0 atom stereocenters. The van der Waals surface area contributed by atoms with Gasteiger partial charge in [0.25, 0.3) is 5.91 Å². The lowest BCUT2D eigenvalue weighted by Gasteiger charge is -2.07. The number of halogens is 1. The maximum atomic E-state index is 13.4. The zero-order valence-corrected chi connectivity index (χ0v) is 18.7. The monoisotopic (exact) mass is 468 g/mol. The molecule has 9 heteroatoms. The van der Waals surface area contributed by atoms with Gasteiger partial charge in [0.15, 0.2) is 11.3 Å². The molecule has 1 amide bonds. The maximum Gasteiger partial charge on any atom is 0.350 e. The minimum atomic E-state index is -0.318. The lowest BCUT2D eigenvalue weighted by atomic mass is 10.1. The molecule has 0 radical (unpaired) electrons. The Morgan fingerprint density at radius 3 is 2.69 bits per heavy atom. The van der Waals surface area contributed by atoms with Crippen molar-refractivity contribution in [3.63, 3.8) is 0 Å². The highest BCUT2D eigenvalue weighted by Crippen LogP contribution is 2.28. The minimum absolute atomic E-state index is 0.225. The van der Waals surface area contributed by atoms with Crippen LogP contribution >= 0.6 is 0 Å². The Balaban J connectivity index is 1.26. The second-order valence-electron chi connectivity index (χ2n) is 8.54. The van der Waals surface area contributed by atoms with Crippen LogP contribution in [0.4, 0.5) is 10.1 Å². The molecule has 174 valence electrons. The summed E-state index contributed by atoms with van der Waals surface area (Å²) in [4.78, 5) is 25.8. The van der Waals surface area contributed by atoms with Gasteiger partial charge in [-0.1, -0.05) is 18.2 Å². The molecule has 0 fully saturated rings. The number of nitrogens with one attached hydrogen (secondary N) is 1. The van der Waals surface area contributed by atoms with E-state index >= 15 is 0 Å². The van der Waals surface area contributed by atoms with E-state index in [9.17, 15) is 14.0 Å². The second-order valence-corrected chi connectivity index (χ2v) is 8.54. The predicted octanol–water partition coefficient (Wildman–Crippen LogP) is 3.61. The van der Waals surface area contributed by atoms with Crippen LogP contribution < -0.4 is 11.0 Å². The summed E-state index contributed by atoms with van der Waals surface area (Å²) in [5.74, 6) is -0.618. The van der Waals surface area contributed by atoms with Crippen LogP contribution in [0, 0.1) is 5.82 Å². The van der Waals surface area contributed by atoms with E-state index in [1.54, 1.807) is 41.2 Å². The van der Waals surface area contributed by atoms with E-state index in [1.807, 2.05) is 24.3 Å². The molecule has 3 aromatic heterocycles. The highest BCUT2D eigenvalue weighted by atomic mass is 19.1. The molecule has 0 bridgehead atoms. The molecule has 3 heterocycles. The van der Waals surface area contributed by atoms with Gasteiger partial charge in [-0.2, -0.15) is 5.10 Å². The zero-order chi connectivity index (χ0) is 23.9. The second kappa shape index (κ2) is 8.35. The Hall–Kier alpha value is -4.53. The van der Waals surface area contributed by atoms with Crippen LogP contribution in [-0.4, -0.2) is 29.9 Å². The van der Waals surface area contributed by atoms with Crippen molar-refractivity contribution in [2.24, 2.45) is 0 Å². The van der Waals surface area contributed by atoms with Crippen LogP contribution in [0.3, 0.4) is 0 Å². The van der Waals surface area contributed by atoms with Gasteiger partial charge >= 0.3 is 5.69 Å². The number of pyridine rings is 1. The SMILES string of the molecule is O=C(Nc1cccc(Cn2nc3ccccn3c2=O)c1)c1nn(-c2ccc(F)cc2)c2c1CCC2. The van der Waals surface area contributed by atoms with Gasteiger partial charge in [0.05, 0.1) is 12.2 Å². The fourth-order valence-corrected chi connectivity index (χ4v) is 4.60. The molecule has 6 rings (SSSR count). The first-order valence-electron chi connectivity index (χ1n) is 11.4. The van der Waals surface area contributed by atoms with Crippen LogP contribution in [0.15, 0.2) is 77.7 Å². The summed E-state index contributed by atoms with van der Waals surface area (Å²) in [5.41, 5.74) is 4.81. The van der Waals surface area contributed by atoms with Crippen LogP contribution in [0.25, 0.3) is 11.3 Å². The van der Waals surface area contributed by atoms with Crippen molar-refractivity contribution in [3.05, 3.63) is 112 Å². The van der Waals surface area contributed by atoms with Crippen molar-refractivity contribution in [3.8, 4) is 5.69 Å². The number of rotatable bonds is 5. The van der Waals surface area contributed by atoms with Crippen molar-refractivity contribution in [1.82, 2.24) is 24.0 Å². The average molecular weight is 468 g/mol. The molecule has 0 saturated heterocycles. The number of fused-ring (bicyclic) bond motifs is 2. The summed E-state index contributed by atoms with van der Waals surface area (Å²) >= 11 is 0. The number of carbonyl (C=O) groups excluding carboxylic acids is 1. The summed E-state index contributed by atoms with van der Waals surface area (Å²) in [7, 11) is 0. The van der Waals surface area contributed by atoms with Gasteiger partial charge in [-0.05, 0) is 73.4 Å². The summed E-state index contributed by atoms with van der Waals surface area (Å²) in [6, 6.07) is 18.8. The van der Waals surface area contributed by atoms with Gasteiger partial charge in [0.2, 0.25) is 0 Å². The lowest BCUT2D eigenvalue weighted by Crippen LogP contribution is -2.21. The van der Waals surface area contributed by atoms with Crippen LogP contribution in [0.1, 0.15) is 33.7 Å². The fourth-order valence-electron chi connectivity index (χ4n) is 4.60. The Kier molecular flexibility index (Phi) is 5.02. The smallest absolute Gasteiger partial charge is 0.321 e. The minimum Gasteiger partial charge on any atom is -0.321 e. The first kappa shape index (κ1) is 21.0. The standard InChI is InChI=1S/C26H21FN6O2/c27-18-10-12-20(13-11-18)33-22-8-4-7-21(22)24(30-33)25(34)28-19-6-3-5-17(15-19)16-32-26(35)31-14-2-1-9-23(31)29-32/h1-3,5-6,9-15H,4,7-8,16H2,(H,28,34). The normalized spacial score (nSPS) is 12.7. The first-order chi connectivity index (χ1) is 17.1. The molecule has 0 unspecified atom stereocenters. The summed E-state index contributed by atoms with van der Waals surface area (Å²) in [6.07, 6.45) is 4.21. The number of amides is 1. The Bertz CT molecular complexity index is 1630. The summed E-state index contributed by atoms with van der Waals surface area (Å²) < 4.78 is 18.0. The predicted molar refractivity (Wildman–Crippen MR) is 128 cm³/mol. The quantitative estimate of drug-likeness (QED) is 0.427. The number of benzene rings is 2. The van der Waals surface area contributed by atoms with Gasteiger partial charge in [0, 0.05) is 23.1 Å². The molecular weight excluding hydrogens is 447 g/mol. The van der Waals surface area contributed by atoms with E-state index in [1.165, 1.54) is 21.2 Å². The molecule has 2 aromatic carbocycles. The number of hydrogen-bond acceptors (Lipinski definition) is 4. The van der Waals surface area contributed by atoms with Crippen molar-refractivity contribution in [1.29, 1.82) is 0 Å². The van der Waals surface area contributed by atoms with Gasteiger partial charge in [0.1, 0.15) is 5.82 Å². The Morgan fingerprint density at radius 2 is 1.86 bits per heavy atom. The molecule has 1 aliphatic rings. The molecule has 0 aliphatic heterocycles. The van der Waals surface area contributed by atoms with Gasteiger partial charge in [-0.3, -0.25) is 9.20 Å². The Morgan fingerprint density at radius 1 is 1.00 bits per heavy atom. The first-order valence-corrected chi connectivity index (χ1v) is 11.4. The largest absolute Gasteiger partial charge is 0.350 e. The number of carbonyl (C=O) groups is 1. The number of anilines is 1. The average Bonchev–Trinajstić information content (AvgIpc) is 3.55. The van der Waals surface area contributed by atoms with E-state index in [0.29, 0.717) is 17.0 Å². The van der Waals surface area contributed by atoms with Crippen molar-refractivity contribution in [2.75, 3.05) is 5.32 Å². The fraction of sp³-hybridized carbons (Fsp3) is 0.154. The van der Waals surface area contributed by atoms with E-state index in [4.69, 9.17) is 0 Å². The Labute approximate surface area is 199 Å². The third-order valence-corrected chi connectivity index (χ3v) is 6.22. The van der Waals surface area contributed by atoms with Crippen LogP contribution in [0.2, 0.25) is 0 Å². The van der Waals surface area contributed by atoms with Gasteiger partial charge in [-0.25, -0.2) is 18.5 Å². The molecule has 8 nitrogen and oxygen atoms in total. The molecular formula is C26H21FN6O2. The van der Waals surface area contributed by atoms with Crippen molar-refractivity contribution >= 4 is 17.2 Å². The van der Waals surface area contributed by atoms with Crippen molar-refractivity contribution < 1.29 is 9.18 Å².